The van der Waals surface area contributed by atoms with E-state index < -0.39 is 6.04 Å². The first-order valence-electron chi connectivity index (χ1n) is 8.02. The standard InChI is InChI=1S/C16H31NO3/c1-5-8-9-10-11-12-14(18)17-15(13(4)6-2)16(19)20-7-3/h13,15H,5-12H2,1-4H3,(H,17,18)/t13-,15-/m0/s1. The Morgan fingerprint density at radius 1 is 1.05 bits per heavy atom. The predicted molar refractivity (Wildman–Crippen MR) is 81.4 cm³/mol. The first kappa shape index (κ1) is 18.9. The van der Waals surface area contributed by atoms with Gasteiger partial charge in [0.25, 0.3) is 0 Å². The molecule has 1 N–H and O–H groups in total. The topological polar surface area (TPSA) is 55.4 Å². The van der Waals surface area contributed by atoms with Crippen molar-refractivity contribution in [3.8, 4) is 0 Å². The lowest BCUT2D eigenvalue weighted by atomic mass is 9.99. The van der Waals surface area contributed by atoms with Crippen LogP contribution in [0.3, 0.4) is 0 Å². The van der Waals surface area contributed by atoms with Gasteiger partial charge in [-0.05, 0) is 19.3 Å². The monoisotopic (exact) mass is 285 g/mol. The van der Waals surface area contributed by atoms with Crippen molar-refractivity contribution in [2.24, 2.45) is 5.92 Å². The van der Waals surface area contributed by atoms with Crippen molar-refractivity contribution in [3.05, 3.63) is 0 Å². The molecule has 0 bridgehead atoms. The predicted octanol–water partition coefficient (Wildman–Crippen LogP) is 3.44. The van der Waals surface area contributed by atoms with Crippen LogP contribution in [0.25, 0.3) is 0 Å². The maximum atomic E-state index is 11.9. The Morgan fingerprint density at radius 2 is 1.70 bits per heavy atom. The van der Waals surface area contributed by atoms with Crippen molar-refractivity contribution in [1.29, 1.82) is 0 Å². The molecule has 0 fully saturated rings. The summed E-state index contributed by atoms with van der Waals surface area (Å²) in [4.78, 5) is 23.8. The molecule has 0 aromatic rings. The van der Waals surface area contributed by atoms with Crippen LogP contribution in [0, 0.1) is 5.92 Å². The molecule has 0 saturated heterocycles. The maximum absolute atomic E-state index is 11.9. The number of esters is 1. The van der Waals surface area contributed by atoms with Gasteiger partial charge in [-0.1, -0.05) is 52.9 Å². The zero-order valence-corrected chi connectivity index (χ0v) is 13.5. The molecule has 0 unspecified atom stereocenters. The third-order valence-corrected chi connectivity index (χ3v) is 3.58. The Hall–Kier alpha value is -1.06. The molecule has 0 aliphatic heterocycles. The second-order valence-corrected chi connectivity index (χ2v) is 5.35. The van der Waals surface area contributed by atoms with E-state index in [-0.39, 0.29) is 17.8 Å². The van der Waals surface area contributed by atoms with Crippen molar-refractivity contribution < 1.29 is 14.3 Å². The van der Waals surface area contributed by atoms with Crippen LogP contribution in [-0.2, 0) is 14.3 Å². The van der Waals surface area contributed by atoms with E-state index in [1.54, 1.807) is 6.92 Å². The summed E-state index contributed by atoms with van der Waals surface area (Å²) in [5.74, 6) is -0.265. The number of nitrogens with one attached hydrogen (secondary N) is 1. The number of hydrogen-bond donors (Lipinski definition) is 1. The second kappa shape index (κ2) is 11.7. The molecule has 4 nitrogen and oxygen atoms in total. The van der Waals surface area contributed by atoms with E-state index >= 15 is 0 Å². The van der Waals surface area contributed by atoms with Crippen LogP contribution in [0.1, 0.15) is 72.6 Å². The average molecular weight is 285 g/mol. The fraction of sp³-hybridized carbons (Fsp3) is 0.875. The Labute approximate surface area is 123 Å². The van der Waals surface area contributed by atoms with E-state index in [4.69, 9.17) is 4.74 Å². The highest BCUT2D eigenvalue weighted by molar-refractivity contribution is 5.84. The molecule has 0 radical (unpaired) electrons. The molecule has 2 atom stereocenters. The van der Waals surface area contributed by atoms with Crippen LogP contribution >= 0.6 is 0 Å². The highest BCUT2D eigenvalue weighted by atomic mass is 16.5. The molecule has 0 aromatic heterocycles. The van der Waals surface area contributed by atoms with Crippen LogP contribution in [0.15, 0.2) is 0 Å². The summed E-state index contributed by atoms with van der Waals surface area (Å²) in [5, 5.41) is 2.83. The summed E-state index contributed by atoms with van der Waals surface area (Å²) in [5.41, 5.74) is 0. The van der Waals surface area contributed by atoms with E-state index in [1.165, 1.54) is 19.3 Å². The van der Waals surface area contributed by atoms with E-state index in [0.29, 0.717) is 13.0 Å². The molecular formula is C16H31NO3. The lowest BCUT2D eigenvalue weighted by Crippen LogP contribution is -2.45. The summed E-state index contributed by atoms with van der Waals surface area (Å²) < 4.78 is 5.03. The van der Waals surface area contributed by atoms with Gasteiger partial charge < -0.3 is 10.1 Å². The number of hydrogen-bond acceptors (Lipinski definition) is 3. The third kappa shape index (κ3) is 8.18. The molecular weight excluding hydrogens is 254 g/mol. The molecule has 0 spiro atoms. The molecule has 0 heterocycles. The molecule has 118 valence electrons. The Bertz CT molecular complexity index is 279. The van der Waals surface area contributed by atoms with Crippen molar-refractivity contribution in [2.75, 3.05) is 6.61 Å². The van der Waals surface area contributed by atoms with Gasteiger partial charge in [-0.2, -0.15) is 0 Å². The van der Waals surface area contributed by atoms with Crippen molar-refractivity contribution in [1.82, 2.24) is 5.32 Å². The SMILES string of the molecule is CCCCCCCC(=O)N[C@H](C(=O)OCC)[C@@H](C)CC. The molecule has 0 aliphatic rings. The summed E-state index contributed by atoms with van der Waals surface area (Å²) >= 11 is 0. The molecule has 1 amide bonds. The van der Waals surface area contributed by atoms with E-state index in [1.807, 2.05) is 13.8 Å². The first-order valence-corrected chi connectivity index (χ1v) is 8.02. The van der Waals surface area contributed by atoms with Crippen LogP contribution in [0.4, 0.5) is 0 Å². The van der Waals surface area contributed by atoms with Crippen molar-refractivity contribution >= 4 is 11.9 Å². The van der Waals surface area contributed by atoms with Gasteiger partial charge in [-0.3, -0.25) is 4.79 Å². The molecule has 4 heteroatoms. The quantitative estimate of drug-likeness (QED) is 0.467. The molecule has 20 heavy (non-hydrogen) atoms. The van der Waals surface area contributed by atoms with Crippen LogP contribution in [0.5, 0.6) is 0 Å². The zero-order chi connectivity index (χ0) is 15.4. The smallest absolute Gasteiger partial charge is 0.328 e. The van der Waals surface area contributed by atoms with Gasteiger partial charge in [-0.15, -0.1) is 0 Å². The van der Waals surface area contributed by atoms with Gasteiger partial charge >= 0.3 is 5.97 Å². The number of unbranched alkanes of at least 4 members (excludes halogenated alkanes) is 4. The highest BCUT2D eigenvalue weighted by Gasteiger charge is 2.26. The minimum absolute atomic E-state index is 0.0418. The highest BCUT2D eigenvalue weighted by Crippen LogP contribution is 2.11. The lowest BCUT2D eigenvalue weighted by Gasteiger charge is -2.22. The minimum atomic E-state index is -0.511. The van der Waals surface area contributed by atoms with Crippen molar-refractivity contribution in [3.63, 3.8) is 0 Å². The average Bonchev–Trinajstić information content (AvgIpc) is 2.44. The first-order chi connectivity index (χ1) is 9.56. The fourth-order valence-corrected chi connectivity index (χ4v) is 2.04. The molecule has 0 aliphatic carbocycles. The third-order valence-electron chi connectivity index (χ3n) is 3.58. The van der Waals surface area contributed by atoms with Gasteiger partial charge in [0.15, 0.2) is 0 Å². The Morgan fingerprint density at radius 3 is 2.25 bits per heavy atom. The van der Waals surface area contributed by atoms with Crippen molar-refractivity contribution in [2.45, 2.75) is 78.7 Å². The van der Waals surface area contributed by atoms with E-state index in [0.717, 1.165) is 19.3 Å². The van der Waals surface area contributed by atoms with E-state index in [9.17, 15) is 9.59 Å². The van der Waals surface area contributed by atoms with Gasteiger partial charge in [0, 0.05) is 6.42 Å². The number of amides is 1. The minimum Gasteiger partial charge on any atom is -0.464 e. The van der Waals surface area contributed by atoms with Crippen LogP contribution in [0.2, 0.25) is 0 Å². The lowest BCUT2D eigenvalue weighted by molar-refractivity contribution is -0.149. The summed E-state index contributed by atoms with van der Waals surface area (Å²) in [6.07, 6.45) is 6.90. The fourth-order valence-electron chi connectivity index (χ4n) is 2.04. The van der Waals surface area contributed by atoms with Crippen LogP contribution in [-0.4, -0.2) is 24.5 Å². The number of carbonyl (C=O) groups is 2. The van der Waals surface area contributed by atoms with Gasteiger partial charge in [0.1, 0.15) is 6.04 Å². The second-order valence-electron chi connectivity index (χ2n) is 5.35. The van der Waals surface area contributed by atoms with Gasteiger partial charge in [-0.25, -0.2) is 4.79 Å². The maximum Gasteiger partial charge on any atom is 0.328 e. The number of carbonyl (C=O) groups excluding carboxylic acids is 2. The Balaban J connectivity index is 4.15. The molecule has 0 rings (SSSR count). The van der Waals surface area contributed by atoms with Crippen LogP contribution < -0.4 is 5.32 Å². The van der Waals surface area contributed by atoms with E-state index in [2.05, 4.69) is 12.2 Å². The molecule has 0 aromatic carbocycles. The molecule has 0 saturated carbocycles. The summed E-state index contributed by atoms with van der Waals surface area (Å²) in [6, 6.07) is -0.511. The van der Waals surface area contributed by atoms with Gasteiger partial charge in [0.2, 0.25) is 5.91 Å². The normalized spacial score (nSPS) is 13.6. The largest absolute Gasteiger partial charge is 0.464 e. The number of ether oxygens (including phenoxy) is 1. The summed E-state index contributed by atoms with van der Waals surface area (Å²) in [7, 11) is 0. The van der Waals surface area contributed by atoms with Gasteiger partial charge in [0.05, 0.1) is 6.61 Å². The summed E-state index contributed by atoms with van der Waals surface area (Å²) in [6.45, 7) is 8.26. The number of rotatable bonds is 11. The Kier molecular flexibility index (Phi) is 11.1. The zero-order valence-electron chi connectivity index (χ0n) is 13.5.